The van der Waals surface area contributed by atoms with Crippen molar-refractivity contribution in [1.82, 2.24) is 14.7 Å². The standard InChI is InChI=1S/C21H23N3O3S/c1-15-18-8-2-3-9-19(18)21(26)24(22-15)14-20(25)23(12-16-6-4-10-27-16)13-17-7-5-11-28-17/h2-3,5,7-9,11,16H,4,6,10,12-14H2,1H3. The first-order chi connectivity index (χ1) is 13.6. The van der Waals surface area contributed by atoms with Gasteiger partial charge >= 0.3 is 0 Å². The molecule has 1 fully saturated rings. The first-order valence-electron chi connectivity index (χ1n) is 9.50. The average Bonchev–Trinajstić information content (AvgIpc) is 3.39. The van der Waals surface area contributed by atoms with Crippen molar-refractivity contribution in [1.29, 1.82) is 0 Å². The molecule has 1 atom stereocenters. The third kappa shape index (κ3) is 4.00. The van der Waals surface area contributed by atoms with Crippen molar-refractivity contribution in [2.75, 3.05) is 13.2 Å². The zero-order chi connectivity index (χ0) is 19.5. The molecule has 4 rings (SSSR count). The maximum Gasteiger partial charge on any atom is 0.275 e. The highest BCUT2D eigenvalue weighted by Crippen LogP contribution is 2.18. The van der Waals surface area contributed by atoms with Gasteiger partial charge in [0.2, 0.25) is 5.91 Å². The van der Waals surface area contributed by atoms with E-state index < -0.39 is 0 Å². The van der Waals surface area contributed by atoms with Gasteiger partial charge in [-0.2, -0.15) is 5.10 Å². The first-order valence-corrected chi connectivity index (χ1v) is 10.4. The van der Waals surface area contributed by atoms with Gasteiger partial charge in [-0.15, -0.1) is 11.3 Å². The van der Waals surface area contributed by atoms with Crippen LogP contribution < -0.4 is 5.56 Å². The molecule has 1 unspecified atom stereocenters. The summed E-state index contributed by atoms with van der Waals surface area (Å²) in [6.07, 6.45) is 2.05. The second-order valence-electron chi connectivity index (χ2n) is 7.08. The number of hydrogen-bond acceptors (Lipinski definition) is 5. The largest absolute Gasteiger partial charge is 0.376 e. The van der Waals surface area contributed by atoms with Gasteiger partial charge in [-0.3, -0.25) is 9.59 Å². The SMILES string of the molecule is Cc1nn(CC(=O)N(Cc2cccs2)CC2CCCO2)c(=O)c2ccccc12. The summed E-state index contributed by atoms with van der Waals surface area (Å²) in [5.74, 6) is -0.117. The number of aryl methyl sites for hydroxylation is 1. The van der Waals surface area contributed by atoms with Gasteiger partial charge in [0.15, 0.2) is 0 Å². The molecule has 1 saturated heterocycles. The van der Waals surface area contributed by atoms with Crippen LogP contribution in [0.5, 0.6) is 0 Å². The first kappa shape index (κ1) is 18.8. The zero-order valence-electron chi connectivity index (χ0n) is 15.8. The molecule has 2 aromatic heterocycles. The van der Waals surface area contributed by atoms with E-state index in [1.807, 2.05) is 42.6 Å². The molecule has 1 aliphatic rings. The van der Waals surface area contributed by atoms with E-state index in [1.165, 1.54) is 4.68 Å². The number of carbonyl (C=O) groups excluding carboxylic acids is 1. The molecule has 0 N–H and O–H groups in total. The van der Waals surface area contributed by atoms with Crippen LogP contribution in [0, 0.1) is 6.92 Å². The molecule has 0 aliphatic carbocycles. The summed E-state index contributed by atoms with van der Waals surface area (Å²) in [5.41, 5.74) is 0.509. The van der Waals surface area contributed by atoms with Crippen LogP contribution in [-0.2, 0) is 22.6 Å². The fourth-order valence-corrected chi connectivity index (χ4v) is 4.34. The van der Waals surface area contributed by atoms with Crippen LogP contribution in [0.3, 0.4) is 0 Å². The van der Waals surface area contributed by atoms with Gasteiger partial charge < -0.3 is 9.64 Å². The van der Waals surface area contributed by atoms with Crippen LogP contribution in [0.15, 0.2) is 46.6 Å². The van der Waals surface area contributed by atoms with Crippen LogP contribution in [-0.4, -0.2) is 39.8 Å². The number of benzene rings is 1. The second-order valence-corrected chi connectivity index (χ2v) is 8.11. The van der Waals surface area contributed by atoms with Gasteiger partial charge in [-0.1, -0.05) is 24.3 Å². The molecule has 1 aromatic carbocycles. The Morgan fingerprint density at radius 3 is 2.82 bits per heavy atom. The summed E-state index contributed by atoms with van der Waals surface area (Å²) in [4.78, 5) is 28.8. The number of aromatic nitrogens is 2. The van der Waals surface area contributed by atoms with Gasteiger partial charge in [0.05, 0.1) is 23.7 Å². The van der Waals surface area contributed by atoms with E-state index in [4.69, 9.17) is 4.74 Å². The Labute approximate surface area is 167 Å². The lowest BCUT2D eigenvalue weighted by Crippen LogP contribution is -2.41. The number of ether oxygens (including phenoxy) is 1. The van der Waals surface area contributed by atoms with Crippen molar-refractivity contribution in [3.63, 3.8) is 0 Å². The second kappa shape index (κ2) is 8.24. The minimum absolute atomic E-state index is 0.0620. The summed E-state index contributed by atoms with van der Waals surface area (Å²) < 4.78 is 7.02. The fraction of sp³-hybridized carbons (Fsp3) is 0.381. The molecule has 1 aliphatic heterocycles. The predicted octanol–water partition coefficient (Wildman–Crippen LogP) is 2.97. The molecular weight excluding hydrogens is 374 g/mol. The van der Waals surface area contributed by atoms with Gasteiger partial charge in [-0.05, 0) is 37.3 Å². The molecule has 0 radical (unpaired) electrons. The van der Waals surface area contributed by atoms with E-state index in [9.17, 15) is 9.59 Å². The van der Waals surface area contributed by atoms with Gasteiger partial charge in [0.25, 0.3) is 5.56 Å². The number of hydrogen-bond donors (Lipinski definition) is 0. The highest BCUT2D eigenvalue weighted by Gasteiger charge is 2.24. The molecule has 0 saturated carbocycles. The molecule has 7 heteroatoms. The molecule has 28 heavy (non-hydrogen) atoms. The molecule has 0 spiro atoms. The van der Waals surface area contributed by atoms with Crippen LogP contribution in [0.25, 0.3) is 10.8 Å². The minimum atomic E-state index is -0.234. The predicted molar refractivity (Wildman–Crippen MR) is 109 cm³/mol. The maximum atomic E-state index is 13.1. The minimum Gasteiger partial charge on any atom is -0.376 e. The smallest absolute Gasteiger partial charge is 0.275 e. The number of carbonyl (C=O) groups is 1. The van der Waals surface area contributed by atoms with Gasteiger partial charge in [0, 0.05) is 23.4 Å². The summed E-state index contributed by atoms with van der Waals surface area (Å²) in [6, 6.07) is 11.4. The quantitative estimate of drug-likeness (QED) is 0.641. The maximum absolute atomic E-state index is 13.1. The Kier molecular flexibility index (Phi) is 5.54. The highest BCUT2D eigenvalue weighted by atomic mass is 32.1. The lowest BCUT2D eigenvalue weighted by Gasteiger charge is -2.25. The Bertz CT molecular complexity index is 1020. The molecule has 0 bridgehead atoms. The average molecular weight is 398 g/mol. The molecule has 1 amide bonds. The number of nitrogens with zero attached hydrogens (tertiary/aromatic N) is 3. The molecule has 146 valence electrons. The third-order valence-corrected chi connectivity index (χ3v) is 5.93. The lowest BCUT2D eigenvalue weighted by atomic mass is 10.1. The molecule has 6 nitrogen and oxygen atoms in total. The topological polar surface area (TPSA) is 64.4 Å². The van der Waals surface area contributed by atoms with E-state index in [0.29, 0.717) is 18.5 Å². The van der Waals surface area contributed by atoms with Crippen molar-refractivity contribution >= 4 is 28.0 Å². The lowest BCUT2D eigenvalue weighted by molar-refractivity contribution is -0.134. The Balaban J connectivity index is 1.59. The van der Waals surface area contributed by atoms with Gasteiger partial charge in [0.1, 0.15) is 6.54 Å². The van der Waals surface area contributed by atoms with Crippen LogP contribution >= 0.6 is 11.3 Å². The highest BCUT2D eigenvalue weighted by molar-refractivity contribution is 7.09. The Morgan fingerprint density at radius 2 is 2.11 bits per heavy atom. The number of amides is 1. The molecular formula is C21H23N3O3S. The van der Waals surface area contributed by atoms with E-state index >= 15 is 0 Å². The molecule has 3 heterocycles. The number of fused-ring (bicyclic) bond motifs is 1. The van der Waals surface area contributed by atoms with Crippen LogP contribution in [0.2, 0.25) is 0 Å². The van der Waals surface area contributed by atoms with E-state index in [2.05, 4.69) is 5.10 Å². The van der Waals surface area contributed by atoms with Crippen molar-refractivity contribution in [3.8, 4) is 0 Å². The summed E-state index contributed by atoms with van der Waals surface area (Å²) >= 11 is 1.62. The van der Waals surface area contributed by atoms with Gasteiger partial charge in [-0.25, -0.2) is 4.68 Å². The van der Waals surface area contributed by atoms with Crippen molar-refractivity contribution in [2.24, 2.45) is 0 Å². The van der Waals surface area contributed by atoms with Crippen LogP contribution in [0.1, 0.15) is 23.4 Å². The van der Waals surface area contributed by atoms with Crippen molar-refractivity contribution in [3.05, 3.63) is 62.7 Å². The third-order valence-electron chi connectivity index (χ3n) is 5.06. The fourth-order valence-electron chi connectivity index (χ4n) is 3.62. The summed E-state index contributed by atoms with van der Waals surface area (Å²) in [7, 11) is 0. The Hall–Kier alpha value is -2.51. The summed E-state index contributed by atoms with van der Waals surface area (Å²) in [6.45, 7) is 3.60. The van der Waals surface area contributed by atoms with E-state index in [1.54, 1.807) is 22.3 Å². The Morgan fingerprint density at radius 1 is 1.29 bits per heavy atom. The van der Waals surface area contributed by atoms with Crippen molar-refractivity contribution < 1.29 is 9.53 Å². The van der Waals surface area contributed by atoms with E-state index in [0.717, 1.165) is 35.4 Å². The van der Waals surface area contributed by atoms with Crippen molar-refractivity contribution in [2.45, 2.75) is 39.0 Å². The summed E-state index contributed by atoms with van der Waals surface area (Å²) in [5, 5.41) is 7.80. The zero-order valence-corrected chi connectivity index (χ0v) is 16.7. The van der Waals surface area contributed by atoms with E-state index in [-0.39, 0.29) is 24.1 Å². The molecule has 3 aromatic rings. The number of thiophene rings is 1. The monoisotopic (exact) mass is 397 g/mol. The number of rotatable bonds is 6. The normalized spacial score (nSPS) is 16.5. The van der Waals surface area contributed by atoms with Crippen LogP contribution in [0.4, 0.5) is 0 Å².